The lowest BCUT2D eigenvalue weighted by molar-refractivity contribution is 0.167. The zero-order chi connectivity index (χ0) is 11.9. The molecule has 0 rings (SSSR count). The van der Waals surface area contributed by atoms with Crippen molar-refractivity contribution in [2.24, 2.45) is 11.5 Å². The number of rotatable bonds is 8. The van der Waals surface area contributed by atoms with Crippen LogP contribution in [0, 0.1) is 0 Å². The lowest BCUT2D eigenvalue weighted by Gasteiger charge is -2.46. The van der Waals surface area contributed by atoms with Crippen LogP contribution in [0.1, 0.15) is 72.6 Å². The third kappa shape index (κ3) is 3.46. The second-order valence-corrected chi connectivity index (χ2v) is 4.92. The molecule has 0 spiro atoms. The SMILES string of the molecule is CCCC(N)(CC)C(N)(CCC)CCC. The Morgan fingerprint density at radius 3 is 1.27 bits per heavy atom. The van der Waals surface area contributed by atoms with Gasteiger partial charge in [-0.2, -0.15) is 0 Å². The number of nitrogens with two attached hydrogens (primary N) is 2. The summed E-state index contributed by atoms with van der Waals surface area (Å²) < 4.78 is 0. The monoisotopic (exact) mass is 214 g/mol. The van der Waals surface area contributed by atoms with Crippen molar-refractivity contribution < 1.29 is 0 Å². The van der Waals surface area contributed by atoms with E-state index in [0.29, 0.717) is 0 Å². The van der Waals surface area contributed by atoms with Crippen molar-refractivity contribution in [2.75, 3.05) is 0 Å². The summed E-state index contributed by atoms with van der Waals surface area (Å²) in [6, 6.07) is 0. The molecule has 0 saturated heterocycles. The van der Waals surface area contributed by atoms with Crippen LogP contribution < -0.4 is 11.5 Å². The molecule has 0 aliphatic rings. The third-order valence-corrected chi connectivity index (χ3v) is 3.71. The van der Waals surface area contributed by atoms with Crippen LogP contribution in [0.5, 0.6) is 0 Å². The molecular weight excluding hydrogens is 184 g/mol. The molecule has 0 bridgehead atoms. The van der Waals surface area contributed by atoms with E-state index in [2.05, 4.69) is 27.7 Å². The summed E-state index contributed by atoms with van der Waals surface area (Å²) >= 11 is 0. The quantitative estimate of drug-likeness (QED) is 0.652. The zero-order valence-corrected chi connectivity index (χ0v) is 11.1. The summed E-state index contributed by atoms with van der Waals surface area (Å²) in [5, 5.41) is 0. The van der Waals surface area contributed by atoms with Crippen molar-refractivity contribution in [2.45, 2.75) is 83.7 Å². The first-order chi connectivity index (χ1) is 6.99. The summed E-state index contributed by atoms with van der Waals surface area (Å²) in [7, 11) is 0. The molecule has 0 radical (unpaired) electrons. The van der Waals surface area contributed by atoms with Crippen LogP contribution in [-0.2, 0) is 0 Å². The minimum atomic E-state index is -0.173. The third-order valence-electron chi connectivity index (χ3n) is 3.71. The second kappa shape index (κ2) is 6.49. The molecule has 0 aliphatic heterocycles. The first kappa shape index (κ1) is 14.9. The Balaban J connectivity index is 4.81. The van der Waals surface area contributed by atoms with E-state index in [-0.39, 0.29) is 11.1 Å². The topological polar surface area (TPSA) is 52.0 Å². The van der Waals surface area contributed by atoms with E-state index in [1.54, 1.807) is 0 Å². The Morgan fingerprint density at radius 2 is 1.00 bits per heavy atom. The lowest BCUT2D eigenvalue weighted by Crippen LogP contribution is -2.65. The molecule has 0 aliphatic carbocycles. The molecule has 1 unspecified atom stereocenters. The van der Waals surface area contributed by atoms with Crippen LogP contribution in [0.2, 0.25) is 0 Å². The van der Waals surface area contributed by atoms with Crippen LogP contribution in [0.25, 0.3) is 0 Å². The lowest BCUT2D eigenvalue weighted by atomic mass is 9.68. The van der Waals surface area contributed by atoms with Crippen molar-refractivity contribution in [3.05, 3.63) is 0 Å². The molecule has 0 aromatic carbocycles. The summed E-state index contributed by atoms with van der Waals surface area (Å²) in [5.74, 6) is 0. The predicted molar refractivity (Wildman–Crippen MR) is 68.9 cm³/mol. The minimum Gasteiger partial charge on any atom is -0.324 e. The molecule has 15 heavy (non-hydrogen) atoms. The van der Waals surface area contributed by atoms with Gasteiger partial charge in [0.25, 0.3) is 0 Å². The smallest absolute Gasteiger partial charge is 0.0336 e. The van der Waals surface area contributed by atoms with Gasteiger partial charge in [-0.1, -0.05) is 47.0 Å². The molecule has 0 aromatic heterocycles. The molecule has 0 aromatic rings. The average molecular weight is 214 g/mol. The Hall–Kier alpha value is -0.0800. The van der Waals surface area contributed by atoms with Crippen LogP contribution >= 0.6 is 0 Å². The van der Waals surface area contributed by atoms with Crippen molar-refractivity contribution in [1.82, 2.24) is 0 Å². The minimum absolute atomic E-state index is 0.165. The maximum absolute atomic E-state index is 6.57. The molecule has 0 fully saturated rings. The van der Waals surface area contributed by atoms with E-state index in [4.69, 9.17) is 11.5 Å². The van der Waals surface area contributed by atoms with E-state index in [9.17, 15) is 0 Å². The van der Waals surface area contributed by atoms with Crippen LogP contribution in [-0.4, -0.2) is 11.1 Å². The molecule has 1 atom stereocenters. The largest absolute Gasteiger partial charge is 0.324 e. The molecule has 2 nitrogen and oxygen atoms in total. The van der Waals surface area contributed by atoms with Crippen LogP contribution in [0.3, 0.4) is 0 Å². The highest BCUT2D eigenvalue weighted by Gasteiger charge is 2.42. The standard InChI is InChI=1S/C13H30N2/c1-5-9-12(14,8-4)13(15,10-6-2)11-7-3/h5-11,14-15H2,1-4H3. The van der Waals surface area contributed by atoms with Crippen molar-refractivity contribution in [3.63, 3.8) is 0 Å². The summed E-state index contributed by atoms with van der Waals surface area (Å²) in [6.07, 6.45) is 7.49. The highest BCUT2D eigenvalue weighted by atomic mass is 14.9. The van der Waals surface area contributed by atoms with Gasteiger partial charge in [-0.05, 0) is 25.7 Å². The maximum Gasteiger partial charge on any atom is 0.0336 e. The van der Waals surface area contributed by atoms with Gasteiger partial charge < -0.3 is 11.5 Å². The van der Waals surface area contributed by atoms with Crippen molar-refractivity contribution in [3.8, 4) is 0 Å². The van der Waals surface area contributed by atoms with Gasteiger partial charge in [-0.3, -0.25) is 0 Å². The fraction of sp³-hybridized carbons (Fsp3) is 1.00. The summed E-state index contributed by atoms with van der Waals surface area (Å²) in [5.41, 5.74) is 12.8. The van der Waals surface area contributed by atoms with Crippen molar-refractivity contribution in [1.29, 1.82) is 0 Å². The fourth-order valence-corrected chi connectivity index (χ4v) is 2.74. The molecule has 2 heteroatoms. The molecule has 0 heterocycles. The Bertz CT molecular complexity index is 162. The van der Waals surface area contributed by atoms with Gasteiger partial charge in [0.05, 0.1) is 0 Å². The van der Waals surface area contributed by atoms with Gasteiger partial charge in [0.15, 0.2) is 0 Å². The number of hydrogen-bond donors (Lipinski definition) is 2. The Morgan fingerprint density at radius 1 is 0.667 bits per heavy atom. The highest BCUT2D eigenvalue weighted by Crippen LogP contribution is 2.33. The van der Waals surface area contributed by atoms with Gasteiger partial charge in [0, 0.05) is 11.1 Å². The van der Waals surface area contributed by atoms with Crippen LogP contribution in [0.4, 0.5) is 0 Å². The van der Waals surface area contributed by atoms with E-state index >= 15 is 0 Å². The van der Waals surface area contributed by atoms with E-state index < -0.39 is 0 Å². The highest BCUT2D eigenvalue weighted by molar-refractivity contribution is 5.05. The Kier molecular flexibility index (Phi) is 6.46. The van der Waals surface area contributed by atoms with Gasteiger partial charge >= 0.3 is 0 Å². The van der Waals surface area contributed by atoms with Gasteiger partial charge in [-0.15, -0.1) is 0 Å². The molecule has 92 valence electrons. The molecule has 0 amide bonds. The van der Waals surface area contributed by atoms with E-state index in [1.165, 1.54) is 0 Å². The fourth-order valence-electron chi connectivity index (χ4n) is 2.74. The van der Waals surface area contributed by atoms with E-state index in [1.807, 2.05) is 0 Å². The second-order valence-electron chi connectivity index (χ2n) is 4.92. The van der Waals surface area contributed by atoms with E-state index in [0.717, 1.165) is 44.9 Å². The normalized spacial score (nSPS) is 16.4. The summed E-state index contributed by atoms with van der Waals surface area (Å²) in [6.45, 7) is 8.75. The predicted octanol–water partition coefficient (Wildman–Crippen LogP) is 3.19. The van der Waals surface area contributed by atoms with Gasteiger partial charge in [0.2, 0.25) is 0 Å². The maximum atomic E-state index is 6.57. The Labute approximate surface area is 95.8 Å². The van der Waals surface area contributed by atoms with Crippen LogP contribution in [0.15, 0.2) is 0 Å². The van der Waals surface area contributed by atoms with Gasteiger partial charge in [0.1, 0.15) is 0 Å². The molecule has 4 N–H and O–H groups in total. The van der Waals surface area contributed by atoms with Crippen molar-refractivity contribution >= 4 is 0 Å². The first-order valence-corrected chi connectivity index (χ1v) is 6.57. The first-order valence-electron chi connectivity index (χ1n) is 6.57. The molecular formula is C13H30N2. The summed E-state index contributed by atoms with van der Waals surface area (Å²) in [4.78, 5) is 0. The van der Waals surface area contributed by atoms with Gasteiger partial charge in [-0.25, -0.2) is 0 Å². The average Bonchev–Trinajstić information content (AvgIpc) is 2.18. The zero-order valence-electron chi connectivity index (χ0n) is 11.1. The molecule has 0 saturated carbocycles. The number of hydrogen-bond acceptors (Lipinski definition) is 2.